The van der Waals surface area contributed by atoms with Crippen LogP contribution in [-0.4, -0.2) is 54.5 Å². The lowest BCUT2D eigenvalue weighted by molar-refractivity contribution is 0.0299. The van der Waals surface area contributed by atoms with E-state index in [4.69, 9.17) is 16.3 Å². The molecule has 1 aliphatic heterocycles. The highest BCUT2D eigenvalue weighted by atomic mass is 35.5. The lowest BCUT2D eigenvalue weighted by atomic mass is 10.1. The molecule has 7 heteroatoms. The van der Waals surface area contributed by atoms with E-state index >= 15 is 0 Å². The van der Waals surface area contributed by atoms with Crippen molar-refractivity contribution >= 4 is 23.4 Å². The Bertz CT molecular complexity index is 791. The number of morpholine rings is 1. The van der Waals surface area contributed by atoms with Gasteiger partial charge in [-0.1, -0.05) is 29.8 Å². The van der Waals surface area contributed by atoms with Gasteiger partial charge in [-0.05, 0) is 36.2 Å². The number of pyridine rings is 1. The first-order valence-corrected chi connectivity index (χ1v) is 8.88. The number of hydrogen-bond acceptors (Lipinski definition) is 4. The second-order valence-electron chi connectivity index (χ2n) is 5.95. The molecule has 136 valence electrons. The van der Waals surface area contributed by atoms with E-state index in [2.05, 4.69) is 10.3 Å². The molecule has 1 fully saturated rings. The van der Waals surface area contributed by atoms with Crippen LogP contribution in [0.2, 0.25) is 5.02 Å². The van der Waals surface area contributed by atoms with Crippen molar-refractivity contribution in [1.82, 2.24) is 15.2 Å². The summed E-state index contributed by atoms with van der Waals surface area (Å²) < 4.78 is 5.25. The highest BCUT2D eigenvalue weighted by Gasteiger charge is 2.20. The van der Waals surface area contributed by atoms with E-state index < -0.39 is 0 Å². The van der Waals surface area contributed by atoms with E-state index in [1.165, 1.54) is 0 Å². The molecule has 26 heavy (non-hydrogen) atoms. The van der Waals surface area contributed by atoms with Crippen LogP contribution in [0.4, 0.5) is 0 Å². The van der Waals surface area contributed by atoms with Gasteiger partial charge in [0.25, 0.3) is 11.8 Å². The summed E-state index contributed by atoms with van der Waals surface area (Å²) in [6.07, 6.45) is 0.665. The van der Waals surface area contributed by atoms with Gasteiger partial charge in [0.2, 0.25) is 0 Å². The number of nitrogens with zero attached hydrogens (tertiary/aromatic N) is 2. The van der Waals surface area contributed by atoms with E-state index in [1.54, 1.807) is 23.1 Å². The van der Waals surface area contributed by atoms with Gasteiger partial charge in [-0.3, -0.25) is 9.59 Å². The minimum atomic E-state index is -0.302. The number of rotatable bonds is 5. The SMILES string of the molecule is O=C(NCCc1cccc(Cl)c1)c1cccc(C(=O)N2CCOCC2)n1. The number of benzene rings is 1. The fraction of sp³-hybridized carbons (Fsp3) is 0.316. The molecule has 0 spiro atoms. The van der Waals surface area contributed by atoms with Crippen LogP contribution in [0.15, 0.2) is 42.5 Å². The van der Waals surface area contributed by atoms with E-state index in [0.29, 0.717) is 44.3 Å². The van der Waals surface area contributed by atoms with Crippen molar-refractivity contribution < 1.29 is 14.3 Å². The second kappa shape index (κ2) is 8.78. The Morgan fingerprint density at radius 3 is 2.62 bits per heavy atom. The number of carbonyl (C=O) groups is 2. The van der Waals surface area contributed by atoms with Gasteiger partial charge in [0, 0.05) is 24.7 Å². The zero-order valence-electron chi connectivity index (χ0n) is 14.3. The topological polar surface area (TPSA) is 71.5 Å². The third kappa shape index (κ3) is 4.80. The van der Waals surface area contributed by atoms with Crippen molar-refractivity contribution in [2.24, 2.45) is 0 Å². The van der Waals surface area contributed by atoms with Crippen LogP contribution >= 0.6 is 11.6 Å². The molecule has 2 heterocycles. The third-order valence-electron chi connectivity index (χ3n) is 4.09. The van der Waals surface area contributed by atoms with Gasteiger partial charge in [-0.25, -0.2) is 4.98 Å². The zero-order chi connectivity index (χ0) is 18.4. The predicted molar refractivity (Wildman–Crippen MR) is 98.4 cm³/mol. The number of ether oxygens (including phenoxy) is 1. The Morgan fingerprint density at radius 1 is 1.12 bits per heavy atom. The molecule has 0 atom stereocenters. The number of nitrogens with one attached hydrogen (secondary N) is 1. The Balaban J connectivity index is 1.58. The number of amides is 2. The fourth-order valence-corrected chi connectivity index (χ4v) is 2.93. The van der Waals surface area contributed by atoms with Crippen LogP contribution in [0, 0.1) is 0 Å². The van der Waals surface area contributed by atoms with Crippen LogP contribution in [0.3, 0.4) is 0 Å². The summed E-state index contributed by atoms with van der Waals surface area (Å²) in [7, 11) is 0. The summed E-state index contributed by atoms with van der Waals surface area (Å²) >= 11 is 5.95. The van der Waals surface area contributed by atoms with Gasteiger partial charge in [-0.2, -0.15) is 0 Å². The monoisotopic (exact) mass is 373 g/mol. The van der Waals surface area contributed by atoms with Crippen molar-refractivity contribution in [3.63, 3.8) is 0 Å². The molecule has 6 nitrogen and oxygen atoms in total. The third-order valence-corrected chi connectivity index (χ3v) is 4.32. The maximum atomic E-state index is 12.5. The van der Waals surface area contributed by atoms with Gasteiger partial charge < -0.3 is 15.0 Å². The summed E-state index contributed by atoms with van der Waals surface area (Å²) in [5.41, 5.74) is 1.55. The Kier molecular flexibility index (Phi) is 6.20. The Morgan fingerprint density at radius 2 is 1.85 bits per heavy atom. The molecule has 1 aliphatic rings. The minimum absolute atomic E-state index is 0.179. The fourth-order valence-electron chi connectivity index (χ4n) is 2.71. The van der Waals surface area contributed by atoms with Crippen LogP contribution in [0.25, 0.3) is 0 Å². The van der Waals surface area contributed by atoms with Gasteiger partial charge in [0.05, 0.1) is 13.2 Å². The van der Waals surface area contributed by atoms with Crippen LogP contribution < -0.4 is 5.32 Å². The largest absolute Gasteiger partial charge is 0.378 e. The molecule has 1 aromatic heterocycles. The molecular weight excluding hydrogens is 354 g/mol. The average Bonchev–Trinajstić information content (AvgIpc) is 2.68. The van der Waals surface area contributed by atoms with Gasteiger partial charge in [-0.15, -0.1) is 0 Å². The first-order valence-electron chi connectivity index (χ1n) is 8.50. The maximum Gasteiger partial charge on any atom is 0.272 e. The highest BCUT2D eigenvalue weighted by Crippen LogP contribution is 2.11. The van der Waals surface area contributed by atoms with Crippen molar-refractivity contribution in [3.8, 4) is 0 Å². The smallest absolute Gasteiger partial charge is 0.272 e. The quantitative estimate of drug-likeness (QED) is 0.872. The number of carbonyl (C=O) groups excluding carboxylic acids is 2. The molecule has 1 aromatic carbocycles. The summed E-state index contributed by atoms with van der Waals surface area (Å²) in [5.74, 6) is -0.481. The second-order valence-corrected chi connectivity index (χ2v) is 6.38. The molecule has 2 amide bonds. The summed E-state index contributed by atoms with van der Waals surface area (Å²) in [6, 6.07) is 12.4. The minimum Gasteiger partial charge on any atom is -0.378 e. The van der Waals surface area contributed by atoms with Crippen molar-refractivity contribution in [3.05, 3.63) is 64.4 Å². The number of halogens is 1. The van der Waals surface area contributed by atoms with E-state index in [1.807, 2.05) is 24.3 Å². The lowest BCUT2D eigenvalue weighted by Crippen LogP contribution is -2.41. The molecule has 0 saturated carbocycles. The van der Waals surface area contributed by atoms with Crippen molar-refractivity contribution in [1.29, 1.82) is 0 Å². The number of hydrogen-bond donors (Lipinski definition) is 1. The van der Waals surface area contributed by atoms with Crippen LogP contribution in [0.1, 0.15) is 26.5 Å². The standard InChI is InChI=1S/C19H20ClN3O3/c20-15-4-1-3-14(13-15)7-8-21-18(24)16-5-2-6-17(22-16)19(25)23-9-11-26-12-10-23/h1-6,13H,7-12H2,(H,21,24). The lowest BCUT2D eigenvalue weighted by Gasteiger charge is -2.26. The van der Waals surface area contributed by atoms with Crippen molar-refractivity contribution in [2.75, 3.05) is 32.8 Å². The zero-order valence-corrected chi connectivity index (χ0v) is 15.0. The molecule has 1 saturated heterocycles. The summed E-state index contributed by atoms with van der Waals surface area (Å²) in [5, 5.41) is 3.49. The van der Waals surface area contributed by atoms with Crippen LogP contribution in [0.5, 0.6) is 0 Å². The predicted octanol–water partition coefficient (Wildman–Crippen LogP) is 2.18. The Labute approximate surface area is 157 Å². The highest BCUT2D eigenvalue weighted by molar-refractivity contribution is 6.30. The van der Waals surface area contributed by atoms with E-state index in [-0.39, 0.29) is 23.2 Å². The molecule has 2 aromatic rings. The molecule has 3 rings (SSSR count). The first-order chi connectivity index (χ1) is 12.6. The number of aromatic nitrogens is 1. The first kappa shape index (κ1) is 18.4. The van der Waals surface area contributed by atoms with Gasteiger partial charge in [0.15, 0.2) is 0 Å². The molecule has 0 aliphatic carbocycles. The summed E-state index contributed by atoms with van der Waals surface area (Å²) in [6.45, 7) is 2.58. The van der Waals surface area contributed by atoms with E-state index in [9.17, 15) is 9.59 Å². The maximum absolute atomic E-state index is 12.5. The van der Waals surface area contributed by atoms with E-state index in [0.717, 1.165) is 5.56 Å². The molecule has 1 N–H and O–H groups in total. The Hall–Kier alpha value is -2.44. The molecule has 0 bridgehead atoms. The molecular formula is C19H20ClN3O3. The summed E-state index contributed by atoms with van der Waals surface area (Å²) in [4.78, 5) is 30.7. The molecule has 0 radical (unpaired) electrons. The molecule has 0 unspecified atom stereocenters. The van der Waals surface area contributed by atoms with Gasteiger partial charge >= 0.3 is 0 Å². The van der Waals surface area contributed by atoms with Crippen molar-refractivity contribution in [2.45, 2.75) is 6.42 Å². The van der Waals surface area contributed by atoms with Gasteiger partial charge in [0.1, 0.15) is 11.4 Å². The normalized spacial score (nSPS) is 14.1. The van der Waals surface area contributed by atoms with Crippen LogP contribution in [-0.2, 0) is 11.2 Å². The average molecular weight is 374 g/mol.